The third-order valence-electron chi connectivity index (χ3n) is 11.8. The van der Waals surface area contributed by atoms with Crippen LogP contribution >= 0.6 is 11.6 Å². The summed E-state index contributed by atoms with van der Waals surface area (Å²) in [7, 11) is 0. The second kappa shape index (κ2) is 15.9. The number of imide groups is 2. The number of benzene rings is 2. The highest BCUT2D eigenvalue weighted by molar-refractivity contribution is 6.31. The lowest BCUT2D eigenvalue weighted by atomic mass is 9.96. The molecule has 4 fully saturated rings. The second-order valence-electron chi connectivity index (χ2n) is 15.3. The number of pyridine rings is 1. The van der Waals surface area contributed by atoms with E-state index < -0.39 is 29.7 Å². The van der Waals surface area contributed by atoms with Crippen LogP contribution in [0.2, 0.25) is 5.02 Å². The van der Waals surface area contributed by atoms with Crippen LogP contribution in [0, 0.1) is 23.2 Å². The van der Waals surface area contributed by atoms with Crippen LogP contribution in [-0.4, -0.2) is 102 Å². The zero-order valence-corrected chi connectivity index (χ0v) is 31.7. The highest BCUT2D eigenvalue weighted by Crippen LogP contribution is 2.34. The largest absolute Gasteiger partial charge is 0.490 e. The summed E-state index contributed by atoms with van der Waals surface area (Å²) >= 11 is 6.14. The molecule has 1 aliphatic carbocycles. The Morgan fingerprint density at radius 3 is 2.39 bits per heavy atom. The van der Waals surface area contributed by atoms with Crippen molar-refractivity contribution >= 4 is 58.3 Å². The summed E-state index contributed by atoms with van der Waals surface area (Å²) in [5.74, 6) is -0.107. The SMILES string of the molecule is N#Cc1ccc(O[C@@H]2CC[C@@H](C(=O)Nc3ccc(N4CCC(CN5CCN(c6ccc7c(c6)C(=O)N(C6CCC(=O)NC6=O)C7=O)CC5)CC4)nc3)C2)cc1Cl. The lowest BCUT2D eigenvalue weighted by Crippen LogP contribution is -2.54. The van der Waals surface area contributed by atoms with Crippen molar-refractivity contribution in [3.63, 3.8) is 0 Å². The average molecular weight is 779 g/mol. The fraction of sp³-hybridized carbons (Fsp3) is 0.439. The van der Waals surface area contributed by atoms with Crippen LogP contribution in [-0.2, 0) is 14.4 Å². The molecule has 3 atom stereocenters. The van der Waals surface area contributed by atoms with Crippen molar-refractivity contribution in [3.05, 3.63) is 76.4 Å². The van der Waals surface area contributed by atoms with Crippen molar-refractivity contribution in [2.24, 2.45) is 11.8 Å². The topological polar surface area (TPSA) is 168 Å². The minimum Gasteiger partial charge on any atom is -0.490 e. The molecule has 3 saturated heterocycles. The van der Waals surface area contributed by atoms with Gasteiger partial charge in [-0.1, -0.05) is 11.6 Å². The highest BCUT2D eigenvalue weighted by atomic mass is 35.5. The van der Waals surface area contributed by atoms with Crippen molar-refractivity contribution in [2.75, 3.05) is 60.9 Å². The molecule has 5 amide bonds. The normalized spacial score (nSPS) is 23.2. The fourth-order valence-electron chi connectivity index (χ4n) is 8.58. The van der Waals surface area contributed by atoms with Gasteiger partial charge in [0, 0.05) is 69.9 Å². The predicted octanol–water partition coefficient (Wildman–Crippen LogP) is 4.23. The van der Waals surface area contributed by atoms with Gasteiger partial charge in [0.15, 0.2) is 0 Å². The molecule has 4 aliphatic heterocycles. The molecule has 1 unspecified atom stereocenters. The number of hydrogen-bond acceptors (Lipinski definition) is 11. The van der Waals surface area contributed by atoms with E-state index in [2.05, 4.69) is 30.3 Å². The molecule has 3 aromatic rings. The van der Waals surface area contributed by atoms with Gasteiger partial charge in [-0.25, -0.2) is 4.98 Å². The van der Waals surface area contributed by atoms with Crippen molar-refractivity contribution in [3.8, 4) is 11.8 Å². The average Bonchev–Trinajstić information content (AvgIpc) is 3.77. The predicted molar refractivity (Wildman–Crippen MR) is 207 cm³/mol. The molecule has 2 aromatic carbocycles. The Morgan fingerprint density at radius 2 is 1.68 bits per heavy atom. The maximum atomic E-state index is 13.3. The Kier molecular flexibility index (Phi) is 10.6. The Hall–Kier alpha value is -5.52. The third kappa shape index (κ3) is 7.79. The van der Waals surface area contributed by atoms with E-state index in [1.54, 1.807) is 36.5 Å². The molecule has 290 valence electrons. The molecule has 0 bridgehead atoms. The molecule has 5 aliphatic rings. The van der Waals surface area contributed by atoms with Gasteiger partial charge in [-0.2, -0.15) is 5.26 Å². The van der Waals surface area contributed by atoms with Gasteiger partial charge in [-0.15, -0.1) is 0 Å². The van der Waals surface area contributed by atoms with Gasteiger partial charge in [0.2, 0.25) is 17.7 Å². The Bertz CT molecular complexity index is 2090. The van der Waals surface area contributed by atoms with E-state index in [1.807, 2.05) is 24.3 Å². The molecule has 56 heavy (non-hydrogen) atoms. The standard InChI is InChI=1S/C41H43ClN8O6/c42-34-21-31(6-2-27(34)22-43)56-30-5-1-26(19-30)38(52)45-28-3-9-36(44-23-28)49-13-11-25(12-14-49)24-47-15-17-48(18-16-47)29-4-7-32-33(20-29)41(55)50(40(32)54)35-8-10-37(51)46-39(35)53/h2-4,6-7,9,20-21,23,25-26,30,35H,1,5,8,10-19,24H2,(H,45,52)(H,46,51,53)/t26-,30-,35?/m1/s1. The number of anilines is 3. The quantitative estimate of drug-likeness (QED) is 0.299. The summed E-state index contributed by atoms with van der Waals surface area (Å²) in [5, 5.41) is 14.7. The van der Waals surface area contributed by atoms with E-state index in [-0.39, 0.29) is 30.8 Å². The molecule has 14 nitrogen and oxygen atoms in total. The number of piperidine rings is 2. The van der Waals surface area contributed by atoms with E-state index in [1.165, 1.54) is 0 Å². The van der Waals surface area contributed by atoms with Gasteiger partial charge in [-0.05, 0) is 86.9 Å². The maximum Gasteiger partial charge on any atom is 0.262 e. The van der Waals surface area contributed by atoms with Crippen LogP contribution in [0.4, 0.5) is 17.2 Å². The number of hydrogen-bond donors (Lipinski definition) is 2. The summed E-state index contributed by atoms with van der Waals surface area (Å²) in [4.78, 5) is 76.2. The number of halogens is 1. The van der Waals surface area contributed by atoms with Crippen LogP contribution in [0.1, 0.15) is 71.2 Å². The number of piperazine rings is 1. The van der Waals surface area contributed by atoms with Crippen molar-refractivity contribution in [1.29, 1.82) is 5.26 Å². The number of nitriles is 1. The molecule has 1 saturated carbocycles. The number of rotatable bonds is 9. The molecule has 8 rings (SSSR count). The van der Waals surface area contributed by atoms with Gasteiger partial charge in [0.05, 0.1) is 39.7 Å². The third-order valence-corrected chi connectivity index (χ3v) is 12.1. The minimum atomic E-state index is -0.974. The molecule has 0 radical (unpaired) electrons. The first-order valence-corrected chi connectivity index (χ1v) is 19.7. The molecule has 1 aromatic heterocycles. The lowest BCUT2D eigenvalue weighted by Gasteiger charge is -2.40. The number of aromatic nitrogens is 1. The van der Waals surface area contributed by atoms with Crippen LogP contribution in [0.15, 0.2) is 54.7 Å². The van der Waals surface area contributed by atoms with Gasteiger partial charge in [-0.3, -0.25) is 39.1 Å². The number of amides is 5. The van der Waals surface area contributed by atoms with Gasteiger partial charge < -0.3 is 19.9 Å². The van der Waals surface area contributed by atoms with Crippen LogP contribution in [0.5, 0.6) is 5.75 Å². The van der Waals surface area contributed by atoms with Gasteiger partial charge in [0.1, 0.15) is 23.7 Å². The monoisotopic (exact) mass is 778 g/mol. The number of nitrogens with zero attached hydrogens (tertiary/aromatic N) is 6. The van der Waals surface area contributed by atoms with Crippen molar-refractivity contribution in [2.45, 2.75) is 57.1 Å². The summed E-state index contributed by atoms with van der Waals surface area (Å²) < 4.78 is 6.05. The van der Waals surface area contributed by atoms with Crippen LogP contribution < -0.4 is 25.2 Å². The first-order chi connectivity index (χ1) is 27.1. The zero-order chi connectivity index (χ0) is 38.9. The first kappa shape index (κ1) is 37.4. The van der Waals surface area contributed by atoms with E-state index in [0.29, 0.717) is 45.5 Å². The Morgan fingerprint density at radius 1 is 0.893 bits per heavy atom. The Labute approximate surface area is 329 Å². The molecular formula is C41H43ClN8O6. The Balaban J connectivity index is 0.762. The molecule has 5 heterocycles. The van der Waals surface area contributed by atoms with Crippen LogP contribution in [0.25, 0.3) is 0 Å². The molecular weight excluding hydrogens is 736 g/mol. The van der Waals surface area contributed by atoms with E-state index >= 15 is 0 Å². The minimum absolute atomic E-state index is 0.0394. The maximum absolute atomic E-state index is 13.3. The lowest BCUT2D eigenvalue weighted by molar-refractivity contribution is -0.136. The van der Waals surface area contributed by atoms with Crippen LogP contribution in [0.3, 0.4) is 0 Å². The number of carbonyl (C=O) groups excluding carboxylic acids is 5. The highest BCUT2D eigenvalue weighted by Gasteiger charge is 2.45. The molecule has 0 spiro atoms. The smallest absolute Gasteiger partial charge is 0.262 e. The second-order valence-corrected chi connectivity index (χ2v) is 15.7. The number of carbonyl (C=O) groups is 5. The van der Waals surface area contributed by atoms with Crippen molar-refractivity contribution < 1.29 is 28.7 Å². The molecule has 2 N–H and O–H groups in total. The van der Waals surface area contributed by atoms with Crippen molar-refractivity contribution in [1.82, 2.24) is 20.1 Å². The first-order valence-electron chi connectivity index (χ1n) is 19.3. The molecule has 15 heteroatoms. The number of nitrogens with one attached hydrogen (secondary N) is 2. The number of fused-ring (bicyclic) bond motifs is 1. The fourth-order valence-corrected chi connectivity index (χ4v) is 8.80. The van der Waals surface area contributed by atoms with E-state index in [0.717, 1.165) is 87.9 Å². The van der Waals surface area contributed by atoms with Gasteiger partial charge >= 0.3 is 0 Å². The summed E-state index contributed by atoms with van der Waals surface area (Å²) in [6.45, 7) is 6.22. The van der Waals surface area contributed by atoms with E-state index in [9.17, 15) is 24.0 Å². The summed E-state index contributed by atoms with van der Waals surface area (Å²) in [6, 6.07) is 15.3. The number of ether oxygens (including phenoxy) is 1. The van der Waals surface area contributed by atoms with Gasteiger partial charge in [0.25, 0.3) is 11.8 Å². The summed E-state index contributed by atoms with van der Waals surface area (Å²) in [6.07, 6.45) is 6.07. The van der Waals surface area contributed by atoms with E-state index in [4.69, 9.17) is 21.6 Å². The summed E-state index contributed by atoms with van der Waals surface area (Å²) in [5.41, 5.74) is 2.55. The zero-order valence-electron chi connectivity index (χ0n) is 30.9.